The van der Waals surface area contributed by atoms with Gasteiger partial charge in [-0.3, -0.25) is 0 Å². The van der Waals surface area contributed by atoms with Gasteiger partial charge < -0.3 is 21.1 Å². The minimum Gasteiger partial charge on any atom is -0.491 e. The van der Waals surface area contributed by atoms with Crippen molar-refractivity contribution in [1.29, 1.82) is 0 Å². The number of hydrogen-bond acceptors (Lipinski definition) is 3. The Morgan fingerprint density at radius 2 is 2.18 bits per heavy atom. The number of carbonyl (C=O) groups is 1. The van der Waals surface area contributed by atoms with E-state index in [1.54, 1.807) is 13.1 Å². The normalized spacial score (nSPS) is 11.7. The number of nitrogens with two attached hydrogens (primary N) is 1. The summed E-state index contributed by atoms with van der Waals surface area (Å²) in [7, 11) is 1.56. The molecule has 1 aromatic rings. The molecule has 1 aromatic carbocycles. The average molecular weight is 237 g/mol. The summed E-state index contributed by atoms with van der Waals surface area (Å²) in [6, 6.07) is 7.03. The first-order chi connectivity index (χ1) is 8.17. The number of para-hydroxylation sites is 2. The molecule has 1 unspecified atom stereocenters. The van der Waals surface area contributed by atoms with E-state index in [1.165, 1.54) is 0 Å². The zero-order valence-corrected chi connectivity index (χ0v) is 10.2. The van der Waals surface area contributed by atoms with Crippen LogP contribution >= 0.6 is 0 Å². The SMILES string of the molecule is CNC(=O)Nc1ccccc1OCC(C)CN. The lowest BCUT2D eigenvalue weighted by atomic mass is 10.2. The summed E-state index contributed by atoms with van der Waals surface area (Å²) >= 11 is 0. The Morgan fingerprint density at radius 3 is 2.82 bits per heavy atom. The van der Waals surface area contributed by atoms with Crippen LogP contribution in [0.1, 0.15) is 6.92 Å². The zero-order chi connectivity index (χ0) is 12.7. The predicted octanol–water partition coefficient (Wildman–Crippen LogP) is 1.41. The Balaban J connectivity index is 2.67. The molecule has 94 valence electrons. The molecule has 4 N–H and O–H groups in total. The van der Waals surface area contributed by atoms with Gasteiger partial charge in [-0.25, -0.2) is 4.79 Å². The Hall–Kier alpha value is -1.75. The summed E-state index contributed by atoms with van der Waals surface area (Å²) in [4.78, 5) is 11.2. The van der Waals surface area contributed by atoms with Crippen molar-refractivity contribution in [2.75, 3.05) is 25.5 Å². The lowest BCUT2D eigenvalue weighted by Crippen LogP contribution is -2.25. The lowest BCUT2D eigenvalue weighted by Gasteiger charge is -2.14. The molecule has 0 aliphatic rings. The van der Waals surface area contributed by atoms with E-state index in [2.05, 4.69) is 10.6 Å². The van der Waals surface area contributed by atoms with E-state index in [-0.39, 0.29) is 11.9 Å². The van der Waals surface area contributed by atoms with Crippen LogP contribution in [0, 0.1) is 5.92 Å². The van der Waals surface area contributed by atoms with Gasteiger partial charge in [-0.1, -0.05) is 19.1 Å². The topological polar surface area (TPSA) is 76.4 Å². The number of hydrogen-bond donors (Lipinski definition) is 3. The molecule has 2 amide bonds. The summed E-state index contributed by atoms with van der Waals surface area (Å²) in [6.07, 6.45) is 0. The number of ether oxygens (including phenoxy) is 1. The van der Waals surface area contributed by atoms with Crippen molar-refractivity contribution >= 4 is 11.7 Å². The molecule has 0 radical (unpaired) electrons. The van der Waals surface area contributed by atoms with Crippen molar-refractivity contribution in [2.45, 2.75) is 6.92 Å². The van der Waals surface area contributed by atoms with Gasteiger partial charge in [0, 0.05) is 13.0 Å². The van der Waals surface area contributed by atoms with Crippen molar-refractivity contribution < 1.29 is 9.53 Å². The third-order valence-corrected chi connectivity index (χ3v) is 2.29. The van der Waals surface area contributed by atoms with Gasteiger partial charge in [0.1, 0.15) is 5.75 Å². The Morgan fingerprint density at radius 1 is 1.47 bits per heavy atom. The molecular weight excluding hydrogens is 218 g/mol. The van der Waals surface area contributed by atoms with Crippen molar-refractivity contribution in [3.05, 3.63) is 24.3 Å². The van der Waals surface area contributed by atoms with E-state index >= 15 is 0 Å². The lowest BCUT2D eigenvalue weighted by molar-refractivity contribution is 0.252. The van der Waals surface area contributed by atoms with Crippen LogP contribution < -0.4 is 21.1 Å². The monoisotopic (exact) mass is 237 g/mol. The van der Waals surface area contributed by atoms with Crippen molar-refractivity contribution in [3.63, 3.8) is 0 Å². The van der Waals surface area contributed by atoms with Crippen LogP contribution in [0.5, 0.6) is 5.75 Å². The van der Waals surface area contributed by atoms with Crippen molar-refractivity contribution in [2.24, 2.45) is 11.7 Å². The molecule has 0 bridgehead atoms. The third-order valence-electron chi connectivity index (χ3n) is 2.29. The summed E-state index contributed by atoms with van der Waals surface area (Å²) in [6.45, 7) is 3.11. The average Bonchev–Trinajstić information content (AvgIpc) is 2.37. The number of urea groups is 1. The van der Waals surface area contributed by atoms with Gasteiger partial charge in [0.05, 0.1) is 12.3 Å². The van der Waals surface area contributed by atoms with Crippen LogP contribution in [0.3, 0.4) is 0 Å². The second-order valence-electron chi connectivity index (χ2n) is 3.85. The molecule has 1 atom stereocenters. The number of anilines is 1. The molecule has 1 rings (SSSR count). The highest BCUT2D eigenvalue weighted by atomic mass is 16.5. The van der Waals surface area contributed by atoms with Gasteiger partial charge in [-0.2, -0.15) is 0 Å². The largest absolute Gasteiger partial charge is 0.491 e. The second-order valence-corrected chi connectivity index (χ2v) is 3.85. The number of nitrogens with one attached hydrogen (secondary N) is 2. The first kappa shape index (κ1) is 13.3. The van der Waals surface area contributed by atoms with Crippen LogP contribution in [0.15, 0.2) is 24.3 Å². The number of amides is 2. The fourth-order valence-electron chi connectivity index (χ4n) is 1.18. The molecule has 0 saturated heterocycles. The Labute approximate surface area is 101 Å². The molecule has 17 heavy (non-hydrogen) atoms. The molecule has 0 heterocycles. The predicted molar refractivity (Wildman–Crippen MR) is 68.2 cm³/mol. The maximum absolute atomic E-state index is 11.2. The zero-order valence-electron chi connectivity index (χ0n) is 10.2. The fraction of sp³-hybridized carbons (Fsp3) is 0.417. The first-order valence-corrected chi connectivity index (χ1v) is 5.58. The highest BCUT2D eigenvalue weighted by Gasteiger charge is 2.07. The summed E-state index contributed by atoms with van der Waals surface area (Å²) in [5, 5.41) is 5.19. The van der Waals surface area contributed by atoms with Crippen LogP contribution in [-0.2, 0) is 0 Å². The summed E-state index contributed by atoms with van der Waals surface area (Å²) < 4.78 is 5.61. The first-order valence-electron chi connectivity index (χ1n) is 5.58. The van der Waals surface area contributed by atoms with E-state index in [4.69, 9.17) is 10.5 Å². The van der Waals surface area contributed by atoms with Crippen LogP contribution in [0.4, 0.5) is 10.5 Å². The van der Waals surface area contributed by atoms with E-state index in [0.29, 0.717) is 24.6 Å². The van der Waals surface area contributed by atoms with Crippen LogP contribution in [0.25, 0.3) is 0 Å². The highest BCUT2D eigenvalue weighted by Crippen LogP contribution is 2.23. The smallest absolute Gasteiger partial charge is 0.319 e. The number of benzene rings is 1. The Kier molecular flexibility index (Phi) is 5.29. The van der Waals surface area contributed by atoms with E-state index in [9.17, 15) is 4.79 Å². The minimum absolute atomic E-state index is 0.270. The second kappa shape index (κ2) is 6.75. The summed E-state index contributed by atoms with van der Waals surface area (Å²) in [5.74, 6) is 0.930. The number of rotatable bonds is 5. The van der Waals surface area contributed by atoms with E-state index in [1.807, 2.05) is 25.1 Å². The Bertz CT molecular complexity index is 369. The molecular formula is C12H19N3O2. The number of carbonyl (C=O) groups excluding carboxylic acids is 1. The molecule has 0 spiro atoms. The summed E-state index contributed by atoms with van der Waals surface area (Å²) in [5.41, 5.74) is 6.17. The van der Waals surface area contributed by atoms with Gasteiger partial charge in [0.25, 0.3) is 0 Å². The van der Waals surface area contributed by atoms with Crippen LogP contribution in [0.2, 0.25) is 0 Å². The molecule has 0 fully saturated rings. The maximum atomic E-state index is 11.2. The minimum atomic E-state index is -0.270. The van der Waals surface area contributed by atoms with E-state index in [0.717, 1.165) is 0 Å². The third kappa shape index (κ3) is 4.32. The van der Waals surface area contributed by atoms with Gasteiger partial charge in [0.15, 0.2) is 0 Å². The van der Waals surface area contributed by atoms with Gasteiger partial charge in [-0.05, 0) is 18.7 Å². The molecule has 5 nitrogen and oxygen atoms in total. The van der Waals surface area contributed by atoms with Crippen molar-refractivity contribution in [3.8, 4) is 5.75 Å². The molecule has 0 aliphatic heterocycles. The molecule has 0 aliphatic carbocycles. The molecule has 0 saturated carbocycles. The van der Waals surface area contributed by atoms with Gasteiger partial charge in [0.2, 0.25) is 0 Å². The van der Waals surface area contributed by atoms with E-state index < -0.39 is 0 Å². The highest BCUT2D eigenvalue weighted by molar-refractivity contribution is 5.90. The van der Waals surface area contributed by atoms with Gasteiger partial charge >= 0.3 is 6.03 Å². The molecule has 5 heteroatoms. The standard InChI is InChI=1S/C12H19N3O2/c1-9(7-13)8-17-11-6-4-3-5-10(11)15-12(16)14-2/h3-6,9H,7-8,13H2,1-2H3,(H2,14,15,16). The maximum Gasteiger partial charge on any atom is 0.319 e. The molecule has 0 aromatic heterocycles. The fourth-order valence-corrected chi connectivity index (χ4v) is 1.18. The van der Waals surface area contributed by atoms with Gasteiger partial charge in [-0.15, -0.1) is 0 Å². The van der Waals surface area contributed by atoms with Crippen LogP contribution in [-0.4, -0.2) is 26.2 Å². The quantitative estimate of drug-likeness (QED) is 0.724. The van der Waals surface area contributed by atoms with Crippen molar-refractivity contribution in [1.82, 2.24) is 5.32 Å².